The van der Waals surface area contributed by atoms with Crippen molar-refractivity contribution in [2.45, 2.75) is 42.2 Å². The van der Waals surface area contributed by atoms with Gasteiger partial charge in [-0.2, -0.15) is 70.2 Å². The van der Waals surface area contributed by atoms with Crippen LogP contribution in [0.4, 0.5) is 79.0 Å². The molecule has 27 heavy (non-hydrogen) atoms. The molecule has 0 unspecified atom stereocenters. The van der Waals surface area contributed by atoms with Crippen molar-refractivity contribution < 1.29 is 79.0 Å². The number of hydrogen-bond donors (Lipinski definition) is 0. The molecule has 0 aliphatic heterocycles. The van der Waals surface area contributed by atoms with Crippen molar-refractivity contribution in [3.05, 3.63) is 11.4 Å². The van der Waals surface area contributed by atoms with E-state index in [9.17, 15) is 79.0 Å². The lowest BCUT2D eigenvalue weighted by atomic mass is 9.92. The van der Waals surface area contributed by atoms with E-state index in [-0.39, 0.29) is 0 Å². The Morgan fingerprint density at radius 1 is 0.444 bits per heavy atom. The predicted molar refractivity (Wildman–Crippen MR) is 46.1 cm³/mol. The topological polar surface area (TPSA) is 0 Å². The van der Waals surface area contributed by atoms with E-state index in [1.165, 1.54) is 0 Å². The van der Waals surface area contributed by atoms with E-state index in [2.05, 4.69) is 0 Å². The van der Waals surface area contributed by atoms with E-state index in [4.69, 9.17) is 0 Å². The van der Waals surface area contributed by atoms with E-state index >= 15 is 0 Å². The van der Waals surface area contributed by atoms with Gasteiger partial charge in [-0.25, -0.2) is 8.78 Å². The van der Waals surface area contributed by atoms with Gasteiger partial charge in [-0.3, -0.25) is 0 Å². The van der Waals surface area contributed by atoms with Crippen molar-refractivity contribution in [1.82, 2.24) is 0 Å². The molecule has 0 nitrogen and oxygen atoms in total. The number of halogens is 18. The van der Waals surface area contributed by atoms with Gasteiger partial charge in [0.2, 0.25) is 0 Å². The molecule has 0 N–H and O–H groups in total. The zero-order chi connectivity index (χ0) is 22.7. The fraction of sp³-hybridized carbons (Fsp3) is 0.778. The molecule has 0 atom stereocenters. The first-order valence-corrected chi connectivity index (χ1v) is 5.40. The average molecular weight is 450 g/mol. The number of allylic oxidation sites excluding steroid dienone is 2. The van der Waals surface area contributed by atoms with E-state index in [0.29, 0.717) is 0 Å². The van der Waals surface area contributed by atoms with E-state index in [0.717, 1.165) is 0 Å². The van der Waals surface area contributed by atoms with Crippen LogP contribution >= 0.6 is 0 Å². The summed E-state index contributed by atoms with van der Waals surface area (Å²) in [6.45, 7) is 0. The lowest BCUT2D eigenvalue weighted by Gasteiger charge is -2.34. The molecule has 0 aliphatic carbocycles. The molecule has 18 heteroatoms. The second-order valence-corrected chi connectivity index (χ2v) is 4.49. The highest BCUT2D eigenvalue weighted by molar-refractivity contribution is 5.34. The van der Waals surface area contributed by atoms with Crippen LogP contribution in [0.2, 0.25) is 0 Å². The maximum Gasteiger partial charge on any atom is 0.460 e. The molecular formula is C9F18. The highest BCUT2D eigenvalue weighted by atomic mass is 19.4. The zero-order valence-corrected chi connectivity index (χ0v) is 11.3. The van der Waals surface area contributed by atoms with Gasteiger partial charge in [0.1, 0.15) is 5.57 Å². The Morgan fingerprint density at radius 3 is 0.926 bits per heavy atom. The summed E-state index contributed by atoms with van der Waals surface area (Å²) >= 11 is 0. The molecule has 0 amide bonds. The van der Waals surface area contributed by atoms with Crippen molar-refractivity contribution in [2.75, 3.05) is 0 Å². The van der Waals surface area contributed by atoms with Crippen molar-refractivity contribution in [1.29, 1.82) is 0 Å². The van der Waals surface area contributed by atoms with E-state index in [1.54, 1.807) is 0 Å². The third kappa shape index (κ3) is 3.88. The van der Waals surface area contributed by atoms with Crippen LogP contribution in [0.5, 0.6) is 0 Å². The first kappa shape index (κ1) is 25.5. The zero-order valence-electron chi connectivity index (χ0n) is 11.3. The lowest BCUT2D eigenvalue weighted by molar-refractivity contribution is -0.355. The third-order valence-electron chi connectivity index (χ3n) is 2.65. The molecule has 0 aromatic heterocycles. The Morgan fingerprint density at radius 2 is 0.741 bits per heavy atom. The Hall–Kier alpha value is -1.52. The number of rotatable bonds is 3. The van der Waals surface area contributed by atoms with Crippen LogP contribution in [0, 0.1) is 0 Å². The lowest BCUT2D eigenvalue weighted by Crippen LogP contribution is -2.59. The van der Waals surface area contributed by atoms with Crippen molar-refractivity contribution >= 4 is 0 Å². The van der Waals surface area contributed by atoms with Crippen LogP contribution < -0.4 is 0 Å². The summed E-state index contributed by atoms with van der Waals surface area (Å²) in [5, 5.41) is 0. The second-order valence-electron chi connectivity index (χ2n) is 4.49. The molecule has 0 heterocycles. The number of alkyl halides is 17. The molecule has 0 rings (SSSR count). The molecule has 0 spiro atoms. The molecule has 0 fully saturated rings. The molecule has 0 bridgehead atoms. The molecule has 0 aromatic carbocycles. The minimum absolute atomic E-state index is 5.64. The quantitative estimate of drug-likeness (QED) is 0.435. The highest BCUT2D eigenvalue weighted by Crippen LogP contribution is 2.59. The van der Waals surface area contributed by atoms with Crippen LogP contribution in [0.25, 0.3) is 0 Å². The van der Waals surface area contributed by atoms with Crippen LogP contribution in [0.1, 0.15) is 0 Å². The van der Waals surface area contributed by atoms with Gasteiger partial charge in [-0.1, -0.05) is 0 Å². The first-order valence-electron chi connectivity index (χ1n) is 5.40. The third-order valence-corrected chi connectivity index (χ3v) is 2.65. The smallest absolute Gasteiger partial charge is 0.215 e. The van der Waals surface area contributed by atoms with Crippen LogP contribution in [-0.4, -0.2) is 42.2 Å². The van der Waals surface area contributed by atoms with Crippen LogP contribution in [0.3, 0.4) is 0 Å². The fourth-order valence-corrected chi connectivity index (χ4v) is 1.36. The molecule has 0 aromatic rings. The van der Waals surface area contributed by atoms with Crippen LogP contribution in [0.15, 0.2) is 11.4 Å². The maximum absolute atomic E-state index is 13.2. The molecule has 0 saturated carbocycles. The highest BCUT2D eigenvalue weighted by Gasteiger charge is 2.82. The number of hydrogen-bond acceptors (Lipinski definition) is 0. The van der Waals surface area contributed by atoms with E-state index in [1.807, 2.05) is 0 Å². The Kier molecular flexibility index (Phi) is 5.90. The van der Waals surface area contributed by atoms with Gasteiger partial charge in [0.25, 0.3) is 0 Å². The summed E-state index contributed by atoms with van der Waals surface area (Å²) in [7, 11) is 0. The van der Waals surface area contributed by atoms with Crippen molar-refractivity contribution in [3.8, 4) is 0 Å². The van der Waals surface area contributed by atoms with Crippen molar-refractivity contribution in [3.63, 3.8) is 0 Å². The summed E-state index contributed by atoms with van der Waals surface area (Å²) in [5.74, 6) is -21.8. The fourth-order valence-electron chi connectivity index (χ4n) is 1.36. The Bertz CT molecular complexity index is 562. The largest absolute Gasteiger partial charge is 0.460 e. The molecule has 162 valence electrons. The van der Waals surface area contributed by atoms with Crippen molar-refractivity contribution in [2.24, 2.45) is 0 Å². The first-order chi connectivity index (χ1) is 11.3. The Labute approximate surface area is 134 Å². The van der Waals surface area contributed by atoms with Gasteiger partial charge in [-0.05, 0) is 0 Å². The summed E-state index contributed by atoms with van der Waals surface area (Å²) in [4.78, 5) is 0. The van der Waals surface area contributed by atoms with Gasteiger partial charge in [0.05, 0.1) is 0 Å². The standard InChI is InChI=1S/C9F18/c10-2(3(11,7(19,20)21)8(22,23)24)1(5(14,15)16)4(12,13)6(17,18)9(25,26)27/b2-1+. The van der Waals surface area contributed by atoms with Gasteiger partial charge in [-0.15, -0.1) is 0 Å². The minimum Gasteiger partial charge on any atom is -0.215 e. The summed E-state index contributed by atoms with van der Waals surface area (Å²) < 4.78 is 223. The molecule has 0 radical (unpaired) electrons. The van der Waals surface area contributed by atoms with E-state index < -0.39 is 53.6 Å². The predicted octanol–water partition coefficient (Wildman–Crippen LogP) is 6.44. The SMILES string of the molecule is F/C(=C(/C(F)(F)F)C(F)(F)C(F)(F)C(F)(F)F)C(F)(C(F)(F)F)C(F)(F)F. The summed E-state index contributed by atoms with van der Waals surface area (Å²) in [5.41, 5.74) is -13.6. The normalized spacial score (nSPS) is 17.1. The second kappa shape index (κ2) is 6.25. The molecule has 0 saturated heterocycles. The average Bonchev–Trinajstić information content (AvgIpc) is 2.30. The minimum atomic E-state index is -8.12. The summed E-state index contributed by atoms with van der Waals surface area (Å²) in [6.07, 6.45) is -31.1. The van der Waals surface area contributed by atoms with Gasteiger partial charge in [0.15, 0.2) is 5.83 Å². The maximum atomic E-state index is 13.2. The van der Waals surface area contributed by atoms with Gasteiger partial charge >= 0.3 is 42.2 Å². The molecule has 0 aliphatic rings. The monoisotopic (exact) mass is 450 g/mol. The molecular weight excluding hydrogens is 450 g/mol. The van der Waals surface area contributed by atoms with Gasteiger partial charge < -0.3 is 0 Å². The Balaban J connectivity index is 7.35. The van der Waals surface area contributed by atoms with Gasteiger partial charge in [0, 0.05) is 0 Å². The summed E-state index contributed by atoms with van der Waals surface area (Å²) in [6, 6.07) is 0. The van der Waals surface area contributed by atoms with Crippen LogP contribution in [-0.2, 0) is 0 Å².